The van der Waals surface area contributed by atoms with Crippen LogP contribution in [-0.4, -0.2) is 28.3 Å². The molecule has 2 amide bonds. The van der Waals surface area contributed by atoms with Gasteiger partial charge in [0, 0.05) is 37.6 Å². The summed E-state index contributed by atoms with van der Waals surface area (Å²) in [6, 6.07) is 7.17. The minimum Gasteiger partial charge on any atom is -0.352 e. The van der Waals surface area contributed by atoms with Gasteiger partial charge >= 0.3 is 0 Å². The summed E-state index contributed by atoms with van der Waals surface area (Å²) in [5, 5.41) is 5.52. The van der Waals surface area contributed by atoms with Crippen molar-refractivity contribution in [3.63, 3.8) is 0 Å². The molecule has 2 heterocycles. The second-order valence-corrected chi connectivity index (χ2v) is 4.81. The predicted octanol–water partition coefficient (Wildman–Crippen LogP) is 1.09. The fourth-order valence-corrected chi connectivity index (χ4v) is 1.90. The number of nitrogens with zero attached hydrogens (tertiary/aromatic N) is 2. The highest BCUT2D eigenvalue weighted by molar-refractivity contribution is 5.94. The molecule has 0 saturated carbocycles. The zero-order chi connectivity index (χ0) is 15.8. The molecule has 0 aliphatic carbocycles. The summed E-state index contributed by atoms with van der Waals surface area (Å²) in [5.74, 6) is -0.283. The van der Waals surface area contributed by atoms with Crippen molar-refractivity contribution in [2.75, 3.05) is 6.54 Å². The van der Waals surface area contributed by atoms with Crippen molar-refractivity contribution in [2.24, 2.45) is 0 Å². The number of hydrogen-bond donors (Lipinski definition) is 2. The molecular formula is C16H18N4O2. The van der Waals surface area contributed by atoms with Crippen LogP contribution in [0, 0.1) is 0 Å². The summed E-state index contributed by atoms with van der Waals surface area (Å²) >= 11 is 0. The van der Waals surface area contributed by atoms with Crippen LogP contribution in [0.25, 0.3) is 0 Å². The van der Waals surface area contributed by atoms with Crippen LogP contribution in [0.2, 0.25) is 0 Å². The molecule has 0 bridgehead atoms. The van der Waals surface area contributed by atoms with Gasteiger partial charge in [0.1, 0.15) is 0 Å². The van der Waals surface area contributed by atoms with E-state index in [1.54, 1.807) is 30.7 Å². The van der Waals surface area contributed by atoms with E-state index in [4.69, 9.17) is 0 Å². The highest BCUT2D eigenvalue weighted by Gasteiger charge is 2.06. The number of pyridine rings is 2. The van der Waals surface area contributed by atoms with Crippen LogP contribution in [0.3, 0.4) is 0 Å². The molecule has 0 aliphatic heterocycles. The Bertz CT molecular complexity index is 644. The van der Waals surface area contributed by atoms with Crippen molar-refractivity contribution in [3.05, 3.63) is 59.7 Å². The molecule has 0 radical (unpaired) electrons. The monoisotopic (exact) mass is 298 g/mol. The first-order valence-electron chi connectivity index (χ1n) is 7.01. The lowest BCUT2D eigenvalue weighted by Crippen LogP contribution is -2.26. The number of amides is 2. The maximum Gasteiger partial charge on any atom is 0.251 e. The van der Waals surface area contributed by atoms with Crippen LogP contribution in [0.4, 0.5) is 0 Å². The van der Waals surface area contributed by atoms with Crippen molar-refractivity contribution in [3.8, 4) is 0 Å². The minimum absolute atomic E-state index is 0.131. The number of rotatable bonds is 6. The number of nitrogens with one attached hydrogen (secondary N) is 2. The van der Waals surface area contributed by atoms with Gasteiger partial charge in [-0.2, -0.15) is 0 Å². The van der Waals surface area contributed by atoms with Crippen molar-refractivity contribution >= 4 is 11.8 Å². The van der Waals surface area contributed by atoms with Gasteiger partial charge in [0.25, 0.3) is 5.91 Å². The number of carbonyl (C=O) groups is 2. The van der Waals surface area contributed by atoms with Crippen LogP contribution >= 0.6 is 0 Å². The summed E-state index contributed by atoms with van der Waals surface area (Å²) < 4.78 is 0. The van der Waals surface area contributed by atoms with Gasteiger partial charge in [-0.3, -0.25) is 19.6 Å². The first-order valence-corrected chi connectivity index (χ1v) is 7.01. The molecule has 114 valence electrons. The van der Waals surface area contributed by atoms with Gasteiger partial charge < -0.3 is 10.6 Å². The summed E-state index contributed by atoms with van der Waals surface area (Å²) in [4.78, 5) is 31.0. The topological polar surface area (TPSA) is 84.0 Å². The molecule has 0 aliphatic rings. The molecule has 2 aromatic heterocycles. The van der Waals surface area contributed by atoms with Gasteiger partial charge in [-0.05, 0) is 36.2 Å². The van der Waals surface area contributed by atoms with Crippen molar-refractivity contribution in [1.29, 1.82) is 0 Å². The predicted molar refractivity (Wildman–Crippen MR) is 82.0 cm³/mol. The quantitative estimate of drug-likeness (QED) is 0.836. The molecule has 0 aromatic carbocycles. The molecule has 6 heteroatoms. The fraction of sp³-hybridized carbons (Fsp3) is 0.250. The van der Waals surface area contributed by atoms with Gasteiger partial charge in [0.15, 0.2) is 0 Å². The van der Waals surface area contributed by atoms with Crippen molar-refractivity contribution in [2.45, 2.75) is 19.9 Å². The molecule has 2 aromatic rings. The van der Waals surface area contributed by atoms with Crippen molar-refractivity contribution < 1.29 is 9.59 Å². The number of aromatic nitrogens is 2. The number of hydrogen-bond acceptors (Lipinski definition) is 4. The summed E-state index contributed by atoms with van der Waals surface area (Å²) in [5.41, 5.74) is 2.30. The molecule has 0 atom stereocenters. The van der Waals surface area contributed by atoms with E-state index in [1.165, 1.54) is 6.92 Å². The van der Waals surface area contributed by atoms with E-state index >= 15 is 0 Å². The second kappa shape index (κ2) is 7.87. The molecule has 2 N–H and O–H groups in total. The second-order valence-electron chi connectivity index (χ2n) is 4.81. The Labute approximate surface area is 129 Å². The third-order valence-electron chi connectivity index (χ3n) is 3.05. The molecule has 0 unspecified atom stereocenters. The smallest absolute Gasteiger partial charge is 0.251 e. The van der Waals surface area contributed by atoms with Gasteiger partial charge in [-0.1, -0.05) is 0 Å². The van der Waals surface area contributed by atoms with E-state index < -0.39 is 0 Å². The zero-order valence-electron chi connectivity index (χ0n) is 12.4. The molecular weight excluding hydrogens is 280 g/mol. The maximum atomic E-state index is 12.1. The molecule has 22 heavy (non-hydrogen) atoms. The van der Waals surface area contributed by atoms with Crippen molar-refractivity contribution in [1.82, 2.24) is 20.6 Å². The third-order valence-corrected chi connectivity index (χ3v) is 3.05. The van der Waals surface area contributed by atoms with Gasteiger partial charge in [-0.25, -0.2) is 0 Å². The van der Waals surface area contributed by atoms with E-state index in [0.29, 0.717) is 24.3 Å². The zero-order valence-corrected chi connectivity index (χ0v) is 12.4. The Kier molecular flexibility index (Phi) is 5.59. The van der Waals surface area contributed by atoms with Crippen LogP contribution in [0.5, 0.6) is 0 Å². The van der Waals surface area contributed by atoms with Gasteiger partial charge in [0.05, 0.1) is 12.2 Å². The largest absolute Gasteiger partial charge is 0.352 e. The average molecular weight is 298 g/mol. The highest BCUT2D eigenvalue weighted by Crippen LogP contribution is 2.02. The van der Waals surface area contributed by atoms with Crippen LogP contribution in [0.1, 0.15) is 28.5 Å². The first kappa shape index (κ1) is 15.6. The third kappa shape index (κ3) is 4.97. The molecule has 0 fully saturated rings. The lowest BCUT2D eigenvalue weighted by molar-refractivity contribution is -0.119. The summed E-state index contributed by atoms with van der Waals surface area (Å²) in [6.45, 7) is 2.30. The summed E-state index contributed by atoms with van der Waals surface area (Å²) in [7, 11) is 0. The van der Waals surface area contributed by atoms with Crippen LogP contribution in [-0.2, 0) is 17.8 Å². The molecule has 6 nitrogen and oxygen atoms in total. The van der Waals surface area contributed by atoms with E-state index in [2.05, 4.69) is 20.6 Å². The normalized spacial score (nSPS) is 10.0. The Morgan fingerprint density at radius 1 is 1.09 bits per heavy atom. The minimum atomic E-state index is -0.152. The average Bonchev–Trinajstić information content (AvgIpc) is 2.54. The lowest BCUT2D eigenvalue weighted by Gasteiger charge is -2.07. The Morgan fingerprint density at radius 3 is 2.59 bits per heavy atom. The van der Waals surface area contributed by atoms with Crippen LogP contribution < -0.4 is 10.6 Å². The number of carbonyl (C=O) groups excluding carboxylic acids is 2. The van der Waals surface area contributed by atoms with E-state index in [-0.39, 0.29) is 11.8 Å². The summed E-state index contributed by atoms with van der Waals surface area (Å²) in [6.07, 6.45) is 5.77. The molecule has 2 rings (SSSR count). The fourth-order valence-electron chi connectivity index (χ4n) is 1.90. The van der Waals surface area contributed by atoms with E-state index in [1.807, 2.05) is 12.1 Å². The van der Waals surface area contributed by atoms with E-state index in [0.717, 1.165) is 12.0 Å². The lowest BCUT2D eigenvalue weighted by atomic mass is 10.2. The van der Waals surface area contributed by atoms with Gasteiger partial charge in [-0.15, -0.1) is 0 Å². The van der Waals surface area contributed by atoms with E-state index in [9.17, 15) is 9.59 Å². The Hall–Kier alpha value is -2.76. The Morgan fingerprint density at radius 2 is 1.86 bits per heavy atom. The molecule has 0 saturated heterocycles. The maximum absolute atomic E-state index is 12.1. The van der Waals surface area contributed by atoms with Gasteiger partial charge in [0.2, 0.25) is 5.91 Å². The first-order chi connectivity index (χ1) is 10.6. The standard InChI is InChI=1S/C16H18N4O2/c1-12(21)20-11-15-10-14(5-9-18-15)16(22)19-8-4-13-2-6-17-7-3-13/h2-3,5-7,9-10H,4,8,11H2,1H3,(H,19,22)(H,20,21). The van der Waals surface area contributed by atoms with Crippen LogP contribution in [0.15, 0.2) is 42.9 Å². The Balaban J connectivity index is 1.86. The molecule has 0 spiro atoms. The highest BCUT2D eigenvalue weighted by atomic mass is 16.2. The SMILES string of the molecule is CC(=O)NCc1cc(C(=O)NCCc2ccncc2)ccn1.